The summed E-state index contributed by atoms with van der Waals surface area (Å²) in [5.41, 5.74) is 1.83. The lowest BCUT2D eigenvalue weighted by Crippen LogP contribution is -2.41. The molecule has 164 valence electrons. The molecule has 1 saturated heterocycles. The monoisotopic (exact) mass is 424 g/mol. The van der Waals surface area contributed by atoms with Crippen molar-refractivity contribution >= 4 is 11.7 Å². The van der Waals surface area contributed by atoms with Crippen LogP contribution in [0.15, 0.2) is 28.7 Å². The van der Waals surface area contributed by atoms with Gasteiger partial charge in [0.1, 0.15) is 11.6 Å². The van der Waals surface area contributed by atoms with Gasteiger partial charge in [-0.25, -0.2) is 14.6 Å². The highest BCUT2D eigenvalue weighted by atomic mass is 16.5. The fourth-order valence-corrected chi connectivity index (χ4v) is 3.94. The number of aromatic nitrogens is 4. The molecule has 0 bridgehead atoms. The van der Waals surface area contributed by atoms with Crippen LogP contribution in [0.4, 0.5) is 5.82 Å². The van der Waals surface area contributed by atoms with Gasteiger partial charge in [-0.2, -0.15) is 5.10 Å². The first-order chi connectivity index (χ1) is 14.9. The number of methoxy groups -OCH3 is 1. The predicted molar refractivity (Wildman–Crippen MR) is 116 cm³/mol. The van der Waals surface area contributed by atoms with Gasteiger partial charge in [-0.15, -0.1) is 0 Å². The van der Waals surface area contributed by atoms with E-state index in [1.807, 2.05) is 39.0 Å². The van der Waals surface area contributed by atoms with E-state index in [1.165, 1.54) is 0 Å². The number of nitrogens with one attached hydrogen (secondary N) is 1. The predicted octanol–water partition coefficient (Wildman–Crippen LogP) is 2.90. The summed E-state index contributed by atoms with van der Waals surface area (Å²) in [4.78, 5) is 24.4. The zero-order valence-corrected chi connectivity index (χ0v) is 18.4. The molecule has 9 heteroatoms. The summed E-state index contributed by atoms with van der Waals surface area (Å²) in [6.07, 6.45) is 1.80. The van der Waals surface area contributed by atoms with E-state index in [0.717, 1.165) is 43.1 Å². The van der Waals surface area contributed by atoms with Crippen LogP contribution in [-0.4, -0.2) is 63.4 Å². The average Bonchev–Trinajstić information content (AvgIpc) is 3.46. The second-order valence-electron chi connectivity index (χ2n) is 7.86. The van der Waals surface area contributed by atoms with E-state index < -0.39 is 0 Å². The molecule has 3 aromatic rings. The smallest absolute Gasteiger partial charge is 0.242 e. The van der Waals surface area contributed by atoms with Crippen molar-refractivity contribution < 1.29 is 13.9 Å². The van der Waals surface area contributed by atoms with Gasteiger partial charge in [-0.05, 0) is 58.4 Å². The van der Waals surface area contributed by atoms with Gasteiger partial charge >= 0.3 is 0 Å². The largest absolute Gasteiger partial charge is 0.458 e. The molecule has 1 amide bonds. The molecule has 1 N–H and O–H groups in total. The Morgan fingerprint density at radius 3 is 2.77 bits per heavy atom. The van der Waals surface area contributed by atoms with E-state index >= 15 is 0 Å². The Morgan fingerprint density at radius 2 is 2.10 bits per heavy atom. The second-order valence-corrected chi connectivity index (χ2v) is 7.86. The maximum atomic E-state index is 13.1. The van der Waals surface area contributed by atoms with Crippen molar-refractivity contribution in [1.82, 2.24) is 24.6 Å². The first-order valence-corrected chi connectivity index (χ1v) is 10.5. The van der Waals surface area contributed by atoms with E-state index in [0.29, 0.717) is 29.8 Å². The Morgan fingerprint density at radius 1 is 1.26 bits per heavy atom. The first kappa shape index (κ1) is 21.2. The minimum atomic E-state index is -0.198. The summed E-state index contributed by atoms with van der Waals surface area (Å²) in [5, 5.41) is 7.51. The molecule has 4 heterocycles. The van der Waals surface area contributed by atoms with Crippen LogP contribution < -0.4 is 5.32 Å². The summed E-state index contributed by atoms with van der Waals surface area (Å²) in [6, 6.07) is 7.20. The van der Waals surface area contributed by atoms with E-state index in [-0.39, 0.29) is 11.9 Å². The molecule has 4 rings (SSSR count). The van der Waals surface area contributed by atoms with Crippen molar-refractivity contribution in [1.29, 1.82) is 0 Å². The van der Waals surface area contributed by atoms with E-state index in [4.69, 9.17) is 9.15 Å². The van der Waals surface area contributed by atoms with Gasteiger partial charge in [-0.1, -0.05) is 0 Å². The van der Waals surface area contributed by atoms with Gasteiger partial charge in [0.15, 0.2) is 17.4 Å². The zero-order valence-electron chi connectivity index (χ0n) is 18.4. The first-order valence-electron chi connectivity index (χ1n) is 10.5. The third-order valence-electron chi connectivity index (χ3n) is 5.40. The van der Waals surface area contributed by atoms with Crippen LogP contribution in [0.25, 0.3) is 17.4 Å². The summed E-state index contributed by atoms with van der Waals surface area (Å²) in [7, 11) is 1.67. The van der Waals surface area contributed by atoms with E-state index in [1.54, 1.807) is 17.9 Å². The van der Waals surface area contributed by atoms with Crippen LogP contribution in [0, 0.1) is 20.8 Å². The summed E-state index contributed by atoms with van der Waals surface area (Å²) < 4.78 is 12.7. The molecular formula is C22H28N6O3. The molecule has 31 heavy (non-hydrogen) atoms. The third-order valence-corrected chi connectivity index (χ3v) is 5.40. The molecule has 0 spiro atoms. The van der Waals surface area contributed by atoms with Crippen LogP contribution in [0.2, 0.25) is 0 Å². The zero-order chi connectivity index (χ0) is 22.0. The number of carbonyl (C=O) groups is 1. The average molecular weight is 425 g/mol. The lowest BCUT2D eigenvalue weighted by molar-refractivity contribution is -0.120. The molecule has 0 radical (unpaired) electrons. The maximum absolute atomic E-state index is 13.1. The van der Waals surface area contributed by atoms with Gasteiger partial charge in [-0.3, -0.25) is 9.69 Å². The number of ether oxygens (including phenoxy) is 1. The highest BCUT2D eigenvalue weighted by molar-refractivity contribution is 5.94. The fraction of sp³-hybridized carbons (Fsp3) is 0.455. The molecule has 0 aromatic carbocycles. The molecule has 1 atom stereocenters. The Bertz CT molecular complexity index is 1070. The Balaban J connectivity index is 1.65. The van der Waals surface area contributed by atoms with Gasteiger partial charge in [0, 0.05) is 25.4 Å². The molecule has 1 aliphatic rings. The number of rotatable bonds is 7. The van der Waals surface area contributed by atoms with Crippen molar-refractivity contribution in [2.24, 2.45) is 0 Å². The van der Waals surface area contributed by atoms with Gasteiger partial charge in [0.25, 0.3) is 0 Å². The van der Waals surface area contributed by atoms with Crippen LogP contribution in [0.1, 0.15) is 30.0 Å². The van der Waals surface area contributed by atoms with Crippen molar-refractivity contribution in [3.8, 4) is 17.4 Å². The van der Waals surface area contributed by atoms with Crippen LogP contribution in [0.3, 0.4) is 0 Å². The summed E-state index contributed by atoms with van der Waals surface area (Å²) >= 11 is 0. The number of furan rings is 1. The highest BCUT2D eigenvalue weighted by Gasteiger charge is 2.30. The van der Waals surface area contributed by atoms with E-state index in [2.05, 4.69) is 25.3 Å². The molecule has 1 fully saturated rings. The normalized spacial score (nSPS) is 16.7. The third kappa shape index (κ3) is 4.67. The number of anilines is 1. The van der Waals surface area contributed by atoms with Gasteiger partial charge in [0.05, 0.1) is 18.3 Å². The second kappa shape index (κ2) is 8.99. The van der Waals surface area contributed by atoms with Gasteiger partial charge < -0.3 is 14.5 Å². The molecule has 1 aliphatic heterocycles. The number of nitrogens with zero attached hydrogens (tertiary/aromatic N) is 5. The van der Waals surface area contributed by atoms with Crippen LogP contribution in [-0.2, 0) is 9.53 Å². The summed E-state index contributed by atoms with van der Waals surface area (Å²) in [6.45, 7) is 7.97. The Labute approximate surface area is 181 Å². The minimum Gasteiger partial charge on any atom is -0.458 e. The standard InChI is InChI=1S/C22H28N6O3/c1-14-12-15(2)28(26-14)20-13-19(23-21(25-20)18-8-7-16(3)31-18)24-22(29)17-6-5-9-27(17)10-11-30-4/h7-8,12-13,17H,5-6,9-11H2,1-4H3,(H,23,24,25,29)/t17-/m1/s1. The molecular weight excluding hydrogens is 396 g/mol. The quantitative estimate of drug-likeness (QED) is 0.623. The van der Waals surface area contributed by atoms with Gasteiger partial charge in [0.2, 0.25) is 5.91 Å². The number of hydrogen-bond acceptors (Lipinski definition) is 7. The lowest BCUT2D eigenvalue weighted by atomic mass is 10.2. The SMILES string of the molecule is COCCN1CCC[C@@H]1C(=O)Nc1cc(-n2nc(C)cc2C)nc(-c2ccc(C)o2)n1. The van der Waals surface area contributed by atoms with Crippen molar-refractivity contribution in [2.75, 3.05) is 32.1 Å². The lowest BCUT2D eigenvalue weighted by Gasteiger charge is -2.23. The van der Waals surface area contributed by atoms with Crippen LogP contribution >= 0.6 is 0 Å². The fourth-order valence-electron chi connectivity index (χ4n) is 3.94. The molecule has 0 saturated carbocycles. The number of likely N-dealkylation sites (tertiary alicyclic amines) is 1. The van der Waals surface area contributed by atoms with Crippen molar-refractivity contribution in [3.05, 3.63) is 41.4 Å². The summed E-state index contributed by atoms with van der Waals surface area (Å²) in [5.74, 6) is 2.62. The van der Waals surface area contributed by atoms with Crippen molar-refractivity contribution in [3.63, 3.8) is 0 Å². The number of amides is 1. The minimum absolute atomic E-state index is 0.0757. The van der Waals surface area contributed by atoms with E-state index in [9.17, 15) is 4.79 Å². The molecule has 9 nitrogen and oxygen atoms in total. The Hall–Kier alpha value is -3.04. The molecule has 0 aliphatic carbocycles. The number of hydrogen-bond donors (Lipinski definition) is 1. The van der Waals surface area contributed by atoms with Crippen molar-refractivity contribution in [2.45, 2.75) is 39.7 Å². The number of aryl methyl sites for hydroxylation is 3. The maximum Gasteiger partial charge on any atom is 0.242 e. The van der Waals surface area contributed by atoms with Crippen LogP contribution in [0.5, 0.6) is 0 Å². The Kier molecular flexibility index (Phi) is 6.15. The molecule has 3 aromatic heterocycles. The number of carbonyl (C=O) groups excluding carboxylic acids is 1. The topological polar surface area (TPSA) is 98.3 Å². The highest BCUT2D eigenvalue weighted by Crippen LogP contribution is 2.24. The molecule has 0 unspecified atom stereocenters.